The molecule has 2 nitrogen and oxygen atoms in total. The highest BCUT2D eigenvalue weighted by Crippen LogP contribution is 2.16. The predicted octanol–water partition coefficient (Wildman–Crippen LogP) is 1.74. The summed E-state index contributed by atoms with van der Waals surface area (Å²) < 4.78 is 0. The van der Waals surface area contributed by atoms with Crippen molar-refractivity contribution >= 4 is 5.69 Å². The molecular weight excluding hydrogens is 150 g/mol. The van der Waals surface area contributed by atoms with E-state index < -0.39 is 0 Å². The van der Waals surface area contributed by atoms with Gasteiger partial charge in [-0.05, 0) is 18.2 Å². The molecule has 2 heteroatoms. The van der Waals surface area contributed by atoms with Crippen LogP contribution in [0.3, 0.4) is 0 Å². The zero-order chi connectivity index (χ0) is 8.97. The van der Waals surface area contributed by atoms with E-state index in [9.17, 15) is 0 Å². The van der Waals surface area contributed by atoms with Gasteiger partial charge >= 0.3 is 0 Å². The number of rotatable bonds is 0. The molecular formula is C10H11NO. The largest absolute Gasteiger partial charge is 0.508 e. The Morgan fingerprint density at radius 3 is 2.92 bits per heavy atom. The van der Waals surface area contributed by atoms with Gasteiger partial charge in [0.05, 0.1) is 5.56 Å². The first-order valence-corrected chi connectivity index (χ1v) is 3.81. The SMILES string of the molecule is CCC#Cc1cc(O)ccc1N. The van der Waals surface area contributed by atoms with Gasteiger partial charge in [0.1, 0.15) is 5.75 Å². The van der Waals surface area contributed by atoms with E-state index in [2.05, 4.69) is 11.8 Å². The zero-order valence-electron chi connectivity index (χ0n) is 6.96. The molecule has 3 N–H and O–H groups in total. The number of nitrogen functional groups attached to an aromatic ring is 1. The first kappa shape index (κ1) is 8.48. The van der Waals surface area contributed by atoms with Gasteiger partial charge in [-0.2, -0.15) is 0 Å². The maximum absolute atomic E-state index is 9.11. The van der Waals surface area contributed by atoms with Crippen LogP contribution in [0.4, 0.5) is 5.69 Å². The number of hydrogen-bond acceptors (Lipinski definition) is 2. The Kier molecular flexibility index (Phi) is 2.60. The lowest BCUT2D eigenvalue weighted by Crippen LogP contribution is -1.88. The van der Waals surface area contributed by atoms with Gasteiger partial charge in [-0.15, -0.1) is 0 Å². The number of phenolic OH excluding ortho intramolecular Hbond substituents is 1. The molecule has 0 saturated carbocycles. The van der Waals surface area contributed by atoms with Gasteiger partial charge in [0.25, 0.3) is 0 Å². The van der Waals surface area contributed by atoms with Crippen LogP contribution in [0.5, 0.6) is 5.75 Å². The summed E-state index contributed by atoms with van der Waals surface area (Å²) in [6.45, 7) is 1.96. The first-order chi connectivity index (χ1) is 5.74. The van der Waals surface area contributed by atoms with E-state index in [1.165, 1.54) is 0 Å². The Bertz CT molecular complexity index is 333. The van der Waals surface area contributed by atoms with E-state index in [-0.39, 0.29) is 5.75 Å². The molecule has 12 heavy (non-hydrogen) atoms. The summed E-state index contributed by atoms with van der Waals surface area (Å²) in [6, 6.07) is 4.76. The number of benzene rings is 1. The molecule has 1 rings (SSSR count). The maximum atomic E-state index is 9.11. The summed E-state index contributed by atoms with van der Waals surface area (Å²) in [5.41, 5.74) is 6.91. The highest BCUT2D eigenvalue weighted by Gasteiger charge is 1.95. The van der Waals surface area contributed by atoms with Crippen molar-refractivity contribution in [3.05, 3.63) is 23.8 Å². The number of nitrogens with two attached hydrogens (primary N) is 1. The fraction of sp³-hybridized carbons (Fsp3) is 0.200. The molecule has 0 fully saturated rings. The van der Waals surface area contributed by atoms with Gasteiger partial charge in [0, 0.05) is 12.1 Å². The second-order valence-corrected chi connectivity index (χ2v) is 2.43. The average molecular weight is 161 g/mol. The Balaban J connectivity index is 3.05. The summed E-state index contributed by atoms with van der Waals surface area (Å²) in [4.78, 5) is 0. The molecule has 0 bridgehead atoms. The molecule has 0 radical (unpaired) electrons. The van der Waals surface area contributed by atoms with Crippen molar-refractivity contribution < 1.29 is 5.11 Å². The molecule has 62 valence electrons. The molecule has 0 aromatic heterocycles. The Hall–Kier alpha value is -1.62. The molecule has 1 aromatic rings. The second-order valence-electron chi connectivity index (χ2n) is 2.43. The molecule has 0 amide bonds. The third-order valence-corrected chi connectivity index (χ3v) is 1.44. The fourth-order valence-corrected chi connectivity index (χ4v) is 0.836. The third-order valence-electron chi connectivity index (χ3n) is 1.44. The minimum Gasteiger partial charge on any atom is -0.508 e. The van der Waals surface area contributed by atoms with E-state index in [0.29, 0.717) is 11.3 Å². The highest BCUT2D eigenvalue weighted by molar-refractivity contribution is 5.58. The Morgan fingerprint density at radius 2 is 2.25 bits per heavy atom. The van der Waals surface area contributed by atoms with Crippen molar-refractivity contribution in [2.45, 2.75) is 13.3 Å². The number of aromatic hydroxyl groups is 1. The van der Waals surface area contributed by atoms with E-state index in [1.807, 2.05) is 6.92 Å². The lowest BCUT2D eigenvalue weighted by molar-refractivity contribution is 0.475. The van der Waals surface area contributed by atoms with Crippen LogP contribution in [-0.4, -0.2) is 5.11 Å². The highest BCUT2D eigenvalue weighted by atomic mass is 16.3. The van der Waals surface area contributed by atoms with Gasteiger partial charge in [-0.25, -0.2) is 0 Å². The quantitative estimate of drug-likeness (QED) is 0.346. The molecule has 0 unspecified atom stereocenters. The summed E-state index contributed by atoms with van der Waals surface area (Å²) in [6.07, 6.45) is 0.787. The van der Waals surface area contributed by atoms with Gasteiger partial charge in [-0.1, -0.05) is 18.8 Å². The maximum Gasteiger partial charge on any atom is 0.116 e. The van der Waals surface area contributed by atoms with Crippen LogP contribution >= 0.6 is 0 Å². The normalized spacial score (nSPS) is 8.75. The Labute approximate surface area is 72.0 Å². The van der Waals surface area contributed by atoms with E-state index >= 15 is 0 Å². The monoisotopic (exact) mass is 161 g/mol. The van der Waals surface area contributed by atoms with Crippen molar-refractivity contribution in [1.82, 2.24) is 0 Å². The summed E-state index contributed by atoms with van der Waals surface area (Å²) >= 11 is 0. The van der Waals surface area contributed by atoms with Crippen LogP contribution < -0.4 is 5.73 Å². The number of phenols is 1. The Morgan fingerprint density at radius 1 is 1.50 bits per heavy atom. The van der Waals surface area contributed by atoms with Gasteiger partial charge < -0.3 is 10.8 Å². The summed E-state index contributed by atoms with van der Waals surface area (Å²) in [7, 11) is 0. The minimum atomic E-state index is 0.199. The molecule has 0 aliphatic carbocycles. The van der Waals surface area contributed by atoms with Crippen LogP contribution in [0.1, 0.15) is 18.9 Å². The average Bonchev–Trinajstić information content (AvgIpc) is 2.07. The molecule has 0 atom stereocenters. The summed E-state index contributed by atoms with van der Waals surface area (Å²) in [5, 5.41) is 9.11. The van der Waals surface area contributed by atoms with Crippen LogP contribution in [-0.2, 0) is 0 Å². The molecule has 1 aromatic carbocycles. The third kappa shape index (κ3) is 1.93. The van der Waals surface area contributed by atoms with Crippen LogP contribution in [0.15, 0.2) is 18.2 Å². The molecule has 0 saturated heterocycles. The van der Waals surface area contributed by atoms with Crippen molar-refractivity contribution in [3.8, 4) is 17.6 Å². The standard InChI is InChI=1S/C10H11NO/c1-2-3-4-8-7-9(12)5-6-10(8)11/h5-7,12H,2,11H2,1H3. The topological polar surface area (TPSA) is 46.2 Å². The van der Waals surface area contributed by atoms with E-state index in [1.54, 1.807) is 18.2 Å². The van der Waals surface area contributed by atoms with Crippen molar-refractivity contribution in [3.63, 3.8) is 0 Å². The molecule has 0 aliphatic heterocycles. The molecule has 0 heterocycles. The van der Waals surface area contributed by atoms with Crippen LogP contribution in [0.25, 0.3) is 0 Å². The lowest BCUT2D eigenvalue weighted by Gasteiger charge is -1.97. The van der Waals surface area contributed by atoms with Gasteiger partial charge in [0.15, 0.2) is 0 Å². The predicted molar refractivity (Wildman–Crippen MR) is 49.7 cm³/mol. The first-order valence-electron chi connectivity index (χ1n) is 3.81. The summed E-state index contributed by atoms with van der Waals surface area (Å²) in [5.74, 6) is 5.96. The fourth-order valence-electron chi connectivity index (χ4n) is 0.836. The smallest absolute Gasteiger partial charge is 0.116 e. The minimum absolute atomic E-state index is 0.199. The van der Waals surface area contributed by atoms with Crippen molar-refractivity contribution in [2.75, 3.05) is 5.73 Å². The number of hydrogen-bond donors (Lipinski definition) is 2. The van der Waals surface area contributed by atoms with Gasteiger partial charge in [0.2, 0.25) is 0 Å². The molecule has 0 aliphatic rings. The lowest BCUT2D eigenvalue weighted by atomic mass is 10.2. The van der Waals surface area contributed by atoms with E-state index in [4.69, 9.17) is 10.8 Å². The van der Waals surface area contributed by atoms with Crippen molar-refractivity contribution in [1.29, 1.82) is 0 Å². The second kappa shape index (κ2) is 3.68. The van der Waals surface area contributed by atoms with Crippen LogP contribution in [0.2, 0.25) is 0 Å². The number of anilines is 1. The van der Waals surface area contributed by atoms with Gasteiger partial charge in [-0.3, -0.25) is 0 Å². The van der Waals surface area contributed by atoms with Crippen molar-refractivity contribution in [2.24, 2.45) is 0 Å². The van der Waals surface area contributed by atoms with E-state index in [0.717, 1.165) is 6.42 Å². The van der Waals surface area contributed by atoms with Crippen LogP contribution in [0, 0.1) is 11.8 Å². The molecule has 0 spiro atoms. The zero-order valence-corrected chi connectivity index (χ0v) is 6.96.